The number of methoxy groups -OCH3 is 1. The van der Waals surface area contributed by atoms with E-state index < -0.39 is 67.9 Å². The SMILES string of the molecule is COC(=O)c1cc(OC(F)(F)F)cc(NS(=O)(=O)c2cc(Br)cc(OC(F)(F)F)c2O)c1O. The topological polar surface area (TPSA) is 131 Å². The molecule has 2 aromatic rings. The van der Waals surface area contributed by atoms with Gasteiger partial charge in [0.15, 0.2) is 17.2 Å². The number of carbonyl (C=O) groups excluding carboxylic acids is 1. The number of sulfonamides is 1. The van der Waals surface area contributed by atoms with Gasteiger partial charge in [-0.15, -0.1) is 26.3 Å². The number of hydrogen-bond donors (Lipinski definition) is 3. The van der Waals surface area contributed by atoms with Gasteiger partial charge in [-0.25, -0.2) is 13.2 Å². The molecule has 0 aliphatic rings. The van der Waals surface area contributed by atoms with E-state index in [0.29, 0.717) is 24.3 Å². The molecule has 2 aromatic carbocycles. The summed E-state index contributed by atoms with van der Waals surface area (Å²) in [6.07, 6.45) is -10.6. The highest BCUT2D eigenvalue weighted by Crippen LogP contribution is 2.41. The van der Waals surface area contributed by atoms with Crippen LogP contribution < -0.4 is 14.2 Å². The van der Waals surface area contributed by atoms with Crippen LogP contribution in [0.4, 0.5) is 32.0 Å². The van der Waals surface area contributed by atoms with E-state index in [0.717, 1.165) is 7.11 Å². The number of benzene rings is 2. The summed E-state index contributed by atoms with van der Waals surface area (Å²) in [6.45, 7) is 0. The van der Waals surface area contributed by atoms with Crippen LogP contribution in [-0.2, 0) is 14.8 Å². The lowest BCUT2D eigenvalue weighted by Crippen LogP contribution is -2.19. The first-order valence-corrected chi connectivity index (χ1v) is 10.2. The number of halogens is 7. The fourth-order valence-corrected chi connectivity index (χ4v) is 4.08. The number of alkyl halides is 6. The highest BCUT2D eigenvalue weighted by atomic mass is 79.9. The maximum absolute atomic E-state index is 12.7. The molecule has 2 rings (SSSR count). The van der Waals surface area contributed by atoms with Crippen molar-refractivity contribution >= 4 is 37.6 Å². The standard InChI is InChI=1S/C16H10BrF6NO8S/c1-30-14(27)8-4-7(31-15(18,19)20)5-9(12(8)25)24-33(28,29)11-3-6(17)2-10(13(11)26)32-16(21,22)23/h2-5,24-26H,1H3. The lowest BCUT2D eigenvalue weighted by Gasteiger charge is -2.17. The highest BCUT2D eigenvalue weighted by Gasteiger charge is 2.35. The molecule has 0 saturated heterocycles. The molecule has 0 saturated carbocycles. The summed E-state index contributed by atoms with van der Waals surface area (Å²) in [5, 5.41) is 20.1. The molecule has 0 atom stereocenters. The van der Waals surface area contributed by atoms with Crippen LogP contribution in [0, 0.1) is 0 Å². The minimum atomic E-state index is -5.32. The van der Waals surface area contributed by atoms with E-state index in [1.165, 1.54) is 0 Å². The van der Waals surface area contributed by atoms with Gasteiger partial charge in [-0.1, -0.05) is 15.9 Å². The molecule has 0 radical (unpaired) electrons. The predicted octanol–water partition coefficient (Wildman–Crippen LogP) is 4.24. The molecule has 33 heavy (non-hydrogen) atoms. The number of rotatable bonds is 6. The van der Waals surface area contributed by atoms with Gasteiger partial charge >= 0.3 is 18.7 Å². The third-order valence-electron chi connectivity index (χ3n) is 3.49. The first kappa shape index (κ1) is 26.2. The number of carbonyl (C=O) groups is 1. The van der Waals surface area contributed by atoms with Crippen molar-refractivity contribution in [1.29, 1.82) is 0 Å². The molecular formula is C16H10BrF6NO8S. The number of nitrogens with one attached hydrogen (secondary N) is 1. The van der Waals surface area contributed by atoms with E-state index in [4.69, 9.17) is 0 Å². The fourth-order valence-electron chi connectivity index (χ4n) is 2.30. The second-order valence-electron chi connectivity index (χ2n) is 5.81. The summed E-state index contributed by atoms with van der Waals surface area (Å²) in [6, 6.07) is 1.95. The molecule has 0 aliphatic heterocycles. The number of anilines is 1. The Bertz CT molecular complexity index is 1180. The van der Waals surface area contributed by atoms with Gasteiger partial charge in [0, 0.05) is 10.5 Å². The summed E-state index contributed by atoms with van der Waals surface area (Å²) in [5.41, 5.74) is -2.01. The van der Waals surface area contributed by atoms with Crippen molar-refractivity contribution in [2.75, 3.05) is 11.8 Å². The van der Waals surface area contributed by atoms with E-state index in [1.807, 2.05) is 0 Å². The number of esters is 1. The van der Waals surface area contributed by atoms with Gasteiger partial charge in [-0.3, -0.25) is 4.72 Å². The molecule has 0 aliphatic carbocycles. The number of aromatic hydroxyl groups is 2. The van der Waals surface area contributed by atoms with Gasteiger partial charge in [0.1, 0.15) is 16.2 Å². The van der Waals surface area contributed by atoms with Crippen molar-refractivity contribution in [1.82, 2.24) is 0 Å². The second-order valence-corrected chi connectivity index (χ2v) is 8.38. The van der Waals surface area contributed by atoms with Crippen LogP contribution in [0.25, 0.3) is 0 Å². The monoisotopic (exact) mass is 569 g/mol. The molecule has 0 fully saturated rings. The molecule has 17 heteroatoms. The largest absolute Gasteiger partial charge is 0.573 e. The molecule has 0 aromatic heterocycles. The van der Waals surface area contributed by atoms with Crippen molar-refractivity contribution < 1.29 is 64.0 Å². The molecule has 182 valence electrons. The molecule has 9 nitrogen and oxygen atoms in total. The van der Waals surface area contributed by atoms with E-state index in [-0.39, 0.29) is 4.47 Å². The molecule has 0 bridgehead atoms. The van der Waals surface area contributed by atoms with Crippen molar-refractivity contribution in [3.63, 3.8) is 0 Å². The molecule has 0 unspecified atom stereocenters. The van der Waals surface area contributed by atoms with Gasteiger partial charge in [0.25, 0.3) is 10.0 Å². The Labute approximate surface area is 188 Å². The van der Waals surface area contributed by atoms with Crippen molar-refractivity contribution in [3.8, 4) is 23.0 Å². The van der Waals surface area contributed by atoms with Gasteiger partial charge in [-0.05, 0) is 18.2 Å². The quantitative estimate of drug-likeness (QED) is 0.267. The lowest BCUT2D eigenvalue weighted by molar-refractivity contribution is -0.276. The van der Waals surface area contributed by atoms with Crippen LogP contribution in [0.3, 0.4) is 0 Å². The van der Waals surface area contributed by atoms with Crippen LogP contribution in [0.2, 0.25) is 0 Å². The smallest absolute Gasteiger partial charge is 0.505 e. The van der Waals surface area contributed by atoms with Crippen LogP contribution in [0.1, 0.15) is 10.4 Å². The maximum atomic E-state index is 12.7. The summed E-state index contributed by atoms with van der Waals surface area (Å²) in [4.78, 5) is 10.5. The lowest BCUT2D eigenvalue weighted by atomic mass is 10.1. The van der Waals surface area contributed by atoms with Crippen LogP contribution >= 0.6 is 15.9 Å². The number of ether oxygens (including phenoxy) is 3. The van der Waals surface area contributed by atoms with E-state index >= 15 is 0 Å². The van der Waals surface area contributed by atoms with Crippen molar-refractivity contribution in [2.24, 2.45) is 0 Å². The zero-order valence-corrected chi connectivity index (χ0v) is 18.1. The average Bonchev–Trinajstić information content (AvgIpc) is 2.63. The van der Waals surface area contributed by atoms with Gasteiger partial charge in [0.05, 0.1) is 12.8 Å². The van der Waals surface area contributed by atoms with Crippen molar-refractivity contribution in [2.45, 2.75) is 17.6 Å². The first-order chi connectivity index (χ1) is 14.9. The minimum absolute atomic E-state index is 0.312. The Balaban J connectivity index is 2.62. The van der Waals surface area contributed by atoms with E-state index in [2.05, 4.69) is 30.1 Å². The Hall–Kier alpha value is -3.08. The fraction of sp³-hybridized carbons (Fsp3) is 0.188. The zero-order chi connectivity index (χ0) is 25.4. The average molecular weight is 570 g/mol. The maximum Gasteiger partial charge on any atom is 0.573 e. The Morgan fingerprint density at radius 3 is 2.06 bits per heavy atom. The molecular weight excluding hydrogens is 560 g/mol. The first-order valence-electron chi connectivity index (χ1n) is 7.95. The second kappa shape index (κ2) is 9.05. The van der Waals surface area contributed by atoms with Crippen LogP contribution in [0.5, 0.6) is 23.0 Å². The molecule has 3 N–H and O–H groups in total. The summed E-state index contributed by atoms with van der Waals surface area (Å²) >= 11 is 2.73. The van der Waals surface area contributed by atoms with Crippen LogP contribution in [-0.4, -0.2) is 44.4 Å². The number of phenolic OH excluding ortho intramolecular Hbond substituents is 2. The number of hydrogen-bond acceptors (Lipinski definition) is 8. The number of phenols is 2. The summed E-state index contributed by atoms with van der Waals surface area (Å²) in [7, 11) is -4.29. The Kier molecular flexibility index (Phi) is 7.18. The minimum Gasteiger partial charge on any atom is -0.505 e. The highest BCUT2D eigenvalue weighted by molar-refractivity contribution is 9.10. The molecule has 0 amide bonds. The molecule has 0 spiro atoms. The van der Waals surface area contributed by atoms with Gasteiger partial charge < -0.3 is 24.4 Å². The van der Waals surface area contributed by atoms with Crippen LogP contribution in [0.15, 0.2) is 33.6 Å². The third kappa shape index (κ3) is 6.70. The summed E-state index contributed by atoms with van der Waals surface area (Å²) in [5.74, 6) is -6.59. The Morgan fingerprint density at radius 1 is 0.970 bits per heavy atom. The normalized spacial score (nSPS) is 12.2. The Morgan fingerprint density at radius 2 is 1.55 bits per heavy atom. The van der Waals surface area contributed by atoms with E-state index in [1.54, 1.807) is 4.72 Å². The van der Waals surface area contributed by atoms with E-state index in [9.17, 15) is 49.8 Å². The predicted molar refractivity (Wildman–Crippen MR) is 99.4 cm³/mol. The summed E-state index contributed by atoms with van der Waals surface area (Å²) < 4.78 is 113. The third-order valence-corrected chi connectivity index (χ3v) is 5.32. The van der Waals surface area contributed by atoms with Crippen molar-refractivity contribution in [3.05, 3.63) is 34.3 Å². The van der Waals surface area contributed by atoms with Gasteiger partial charge in [-0.2, -0.15) is 0 Å². The zero-order valence-electron chi connectivity index (χ0n) is 15.7. The van der Waals surface area contributed by atoms with Gasteiger partial charge in [0.2, 0.25) is 0 Å². The molecule has 0 heterocycles.